The minimum Gasteiger partial charge on any atom is -0.358 e. The number of fused-ring (bicyclic) bond motifs is 1. The van der Waals surface area contributed by atoms with Crippen LogP contribution in [0.2, 0.25) is 0 Å². The van der Waals surface area contributed by atoms with E-state index in [1.54, 1.807) is 6.08 Å². The summed E-state index contributed by atoms with van der Waals surface area (Å²) in [7, 11) is 0. The van der Waals surface area contributed by atoms with Crippen LogP contribution in [0.3, 0.4) is 0 Å². The number of aromatic nitrogens is 1. The standard InChI is InChI=1S/C11H11N.C3H6/c1-3-9-8(2)12-11-7-5-4-6-10(9)11;1-3-2/h3-7,12H,1H2,2H3;3H,1H2,2H3. The molecule has 0 atom stereocenters. The topological polar surface area (TPSA) is 15.8 Å². The quantitative estimate of drug-likeness (QED) is 0.659. The molecule has 0 amide bonds. The third kappa shape index (κ3) is 2.38. The second-order valence-electron chi connectivity index (χ2n) is 3.32. The largest absolute Gasteiger partial charge is 0.358 e. The Kier molecular flexibility index (Phi) is 3.92. The number of para-hydroxylation sites is 1. The van der Waals surface area contributed by atoms with Crippen molar-refractivity contribution >= 4 is 17.0 Å². The average Bonchev–Trinajstić information content (AvgIpc) is 2.54. The van der Waals surface area contributed by atoms with E-state index in [1.807, 2.05) is 25.1 Å². The van der Waals surface area contributed by atoms with Gasteiger partial charge in [0.15, 0.2) is 0 Å². The van der Waals surface area contributed by atoms with Gasteiger partial charge in [0.05, 0.1) is 0 Å². The van der Waals surface area contributed by atoms with Gasteiger partial charge in [-0.3, -0.25) is 0 Å². The van der Waals surface area contributed by atoms with Crippen molar-refractivity contribution in [2.24, 2.45) is 0 Å². The highest BCUT2D eigenvalue weighted by Crippen LogP contribution is 2.22. The number of nitrogens with one attached hydrogen (secondary N) is 1. The zero-order valence-electron chi connectivity index (χ0n) is 9.38. The molecular formula is C14H17N. The van der Waals surface area contributed by atoms with Crippen LogP contribution in [0, 0.1) is 6.92 Å². The molecule has 0 aliphatic heterocycles. The van der Waals surface area contributed by atoms with Crippen LogP contribution >= 0.6 is 0 Å². The predicted octanol–water partition coefficient (Wildman–Crippen LogP) is 4.31. The van der Waals surface area contributed by atoms with Crippen molar-refractivity contribution in [3.8, 4) is 0 Å². The molecule has 0 fully saturated rings. The summed E-state index contributed by atoms with van der Waals surface area (Å²) < 4.78 is 0. The molecule has 1 heterocycles. The Morgan fingerprint density at radius 2 is 1.80 bits per heavy atom. The zero-order chi connectivity index (χ0) is 11.3. The highest BCUT2D eigenvalue weighted by molar-refractivity contribution is 5.90. The van der Waals surface area contributed by atoms with Crippen molar-refractivity contribution in [1.29, 1.82) is 0 Å². The summed E-state index contributed by atoms with van der Waals surface area (Å²) in [4.78, 5) is 3.31. The van der Waals surface area contributed by atoms with Crippen molar-refractivity contribution in [3.05, 3.63) is 54.8 Å². The van der Waals surface area contributed by atoms with Gasteiger partial charge in [-0.1, -0.05) is 36.9 Å². The van der Waals surface area contributed by atoms with Gasteiger partial charge in [-0.2, -0.15) is 0 Å². The summed E-state index contributed by atoms with van der Waals surface area (Å²) >= 11 is 0. The van der Waals surface area contributed by atoms with Gasteiger partial charge in [0.1, 0.15) is 0 Å². The summed E-state index contributed by atoms with van der Waals surface area (Å²) in [6, 6.07) is 8.26. The van der Waals surface area contributed by atoms with Gasteiger partial charge < -0.3 is 4.98 Å². The normalized spacial score (nSPS) is 9.20. The monoisotopic (exact) mass is 199 g/mol. The van der Waals surface area contributed by atoms with E-state index in [9.17, 15) is 0 Å². The van der Waals surface area contributed by atoms with E-state index < -0.39 is 0 Å². The SMILES string of the molecule is C=CC.C=Cc1c(C)[nH]c2ccccc12. The maximum absolute atomic E-state index is 3.79. The molecular weight excluding hydrogens is 182 g/mol. The molecule has 0 saturated heterocycles. The smallest absolute Gasteiger partial charge is 0.0462 e. The first-order valence-corrected chi connectivity index (χ1v) is 5.01. The molecule has 0 aliphatic carbocycles. The van der Waals surface area contributed by atoms with E-state index in [1.165, 1.54) is 22.2 Å². The molecule has 2 rings (SSSR count). The molecule has 0 aliphatic rings. The molecule has 1 aromatic heterocycles. The van der Waals surface area contributed by atoms with Gasteiger partial charge in [0, 0.05) is 22.2 Å². The van der Waals surface area contributed by atoms with Crippen LogP contribution in [-0.2, 0) is 0 Å². The number of H-pyrrole nitrogens is 1. The first-order chi connectivity index (χ1) is 7.24. The molecule has 15 heavy (non-hydrogen) atoms. The third-order valence-corrected chi connectivity index (χ3v) is 2.15. The van der Waals surface area contributed by atoms with E-state index in [4.69, 9.17) is 0 Å². The number of hydrogen-bond donors (Lipinski definition) is 1. The first-order valence-electron chi connectivity index (χ1n) is 5.01. The molecule has 1 nitrogen and oxygen atoms in total. The van der Waals surface area contributed by atoms with Crippen LogP contribution in [0.5, 0.6) is 0 Å². The van der Waals surface area contributed by atoms with Gasteiger partial charge >= 0.3 is 0 Å². The van der Waals surface area contributed by atoms with Crippen molar-refractivity contribution in [2.75, 3.05) is 0 Å². The molecule has 0 saturated carbocycles. The summed E-state index contributed by atoms with van der Waals surface area (Å²) in [5, 5.41) is 1.25. The Morgan fingerprint density at radius 1 is 1.20 bits per heavy atom. The van der Waals surface area contributed by atoms with Crippen molar-refractivity contribution in [3.63, 3.8) is 0 Å². The third-order valence-electron chi connectivity index (χ3n) is 2.15. The minimum absolute atomic E-state index is 1.19. The number of benzene rings is 1. The summed E-state index contributed by atoms with van der Waals surface area (Å²) in [6.07, 6.45) is 3.65. The van der Waals surface area contributed by atoms with Crippen molar-refractivity contribution < 1.29 is 0 Å². The maximum Gasteiger partial charge on any atom is 0.0462 e. The van der Waals surface area contributed by atoms with E-state index >= 15 is 0 Å². The molecule has 0 unspecified atom stereocenters. The molecule has 1 N–H and O–H groups in total. The molecule has 0 spiro atoms. The Morgan fingerprint density at radius 3 is 2.40 bits per heavy atom. The van der Waals surface area contributed by atoms with Crippen LogP contribution in [0.1, 0.15) is 18.2 Å². The van der Waals surface area contributed by atoms with E-state index in [-0.39, 0.29) is 0 Å². The average molecular weight is 199 g/mol. The lowest BCUT2D eigenvalue weighted by Crippen LogP contribution is -1.71. The summed E-state index contributed by atoms with van der Waals surface area (Å²) in [5.41, 5.74) is 3.58. The fourth-order valence-electron chi connectivity index (χ4n) is 1.56. The summed E-state index contributed by atoms with van der Waals surface area (Å²) in [5.74, 6) is 0. The Labute approximate surface area is 91.1 Å². The van der Waals surface area contributed by atoms with Gasteiger partial charge in [0.25, 0.3) is 0 Å². The number of hydrogen-bond acceptors (Lipinski definition) is 0. The number of aryl methyl sites for hydroxylation is 1. The molecule has 1 heteroatoms. The van der Waals surface area contributed by atoms with E-state index in [0.717, 1.165) is 0 Å². The predicted molar refractivity (Wildman–Crippen MR) is 69.0 cm³/mol. The molecule has 1 aromatic carbocycles. The van der Waals surface area contributed by atoms with Gasteiger partial charge in [-0.15, -0.1) is 6.58 Å². The zero-order valence-corrected chi connectivity index (χ0v) is 9.38. The fraction of sp³-hybridized carbons (Fsp3) is 0.143. The lowest BCUT2D eigenvalue weighted by molar-refractivity contribution is 1.29. The van der Waals surface area contributed by atoms with Crippen LogP contribution in [0.4, 0.5) is 0 Å². The number of aromatic amines is 1. The van der Waals surface area contributed by atoms with Crippen molar-refractivity contribution in [1.82, 2.24) is 4.98 Å². The molecule has 0 radical (unpaired) electrons. The van der Waals surface area contributed by atoms with Gasteiger partial charge in [-0.05, 0) is 19.9 Å². The first kappa shape index (κ1) is 11.3. The lowest BCUT2D eigenvalue weighted by Gasteiger charge is -1.89. The highest BCUT2D eigenvalue weighted by Gasteiger charge is 2.02. The molecule has 78 valence electrons. The number of rotatable bonds is 1. The van der Waals surface area contributed by atoms with Crippen LogP contribution in [-0.4, -0.2) is 4.98 Å². The van der Waals surface area contributed by atoms with Crippen LogP contribution in [0.15, 0.2) is 43.5 Å². The van der Waals surface area contributed by atoms with E-state index in [2.05, 4.69) is 37.2 Å². The Hall–Kier alpha value is -1.76. The Balaban J connectivity index is 0.000000337. The van der Waals surface area contributed by atoms with E-state index in [0.29, 0.717) is 0 Å². The lowest BCUT2D eigenvalue weighted by atomic mass is 10.1. The van der Waals surface area contributed by atoms with Crippen molar-refractivity contribution in [2.45, 2.75) is 13.8 Å². The molecule has 2 aromatic rings. The molecule has 0 bridgehead atoms. The minimum atomic E-state index is 1.19. The second kappa shape index (κ2) is 5.20. The fourth-order valence-corrected chi connectivity index (χ4v) is 1.56. The van der Waals surface area contributed by atoms with Crippen LogP contribution < -0.4 is 0 Å². The maximum atomic E-state index is 3.79. The highest BCUT2D eigenvalue weighted by atomic mass is 14.7. The van der Waals surface area contributed by atoms with Crippen LogP contribution in [0.25, 0.3) is 17.0 Å². The summed E-state index contributed by atoms with van der Waals surface area (Å²) in [6.45, 7) is 11.1. The van der Waals surface area contributed by atoms with Gasteiger partial charge in [0.2, 0.25) is 0 Å². The van der Waals surface area contributed by atoms with Gasteiger partial charge in [-0.25, -0.2) is 0 Å². The Bertz CT molecular complexity index is 463. The second-order valence-corrected chi connectivity index (χ2v) is 3.32. The number of allylic oxidation sites excluding steroid dienone is 1.